The fraction of sp³-hybridized carbons (Fsp3) is 0.333. The number of phenols is 1. The van der Waals surface area contributed by atoms with Crippen molar-refractivity contribution in [2.75, 3.05) is 0 Å². The Kier molecular flexibility index (Phi) is 13.1. The van der Waals surface area contributed by atoms with Crippen LogP contribution >= 0.6 is 7.82 Å². The molecule has 0 radical (unpaired) electrons. The van der Waals surface area contributed by atoms with E-state index in [1.165, 1.54) is 12.1 Å². The lowest BCUT2D eigenvalue weighted by Gasteiger charge is -2.09. The number of hydrogen-bond donors (Lipinski definition) is 6. The molecule has 0 unspecified atom stereocenters. The van der Waals surface area contributed by atoms with Crippen LogP contribution in [0.5, 0.6) is 5.75 Å². The molecule has 0 aliphatic heterocycles. The SMILES string of the molecule is CC(=O)OC(=O)[C@@H](N)Cc1ccc(O)cc1.C[SiH2]O.O=P(O)(O)O. The van der Waals surface area contributed by atoms with Gasteiger partial charge >= 0.3 is 19.8 Å². The number of benzene rings is 1. The highest BCUT2D eigenvalue weighted by Gasteiger charge is 2.17. The van der Waals surface area contributed by atoms with Gasteiger partial charge in [0.15, 0.2) is 9.76 Å². The zero-order valence-electron chi connectivity index (χ0n) is 13.2. The van der Waals surface area contributed by atoms with Crippen LogP contribution in [-0.2, 0) is 25.3 Å². The van der Waals surface area contributed by atoms with E-state index in [-0.39, 0.29) is 12.2 Å². The van der Waals surface area contributed by atoms with E-state index in [1.54, 1.807) is 12.1 Å². The predicted molar refractivity (Wildman–Crippen MR) is 87.4 cm³/mol. The summed E-state index contributed by atoms with van der Waals surface area (Å²) in [5.41, 5.74) is 6.33. The summed E-state index contributed by atoms with van der Waals surface area (Å²) in [6, 6.07) is 5.41. The zero-order valence-corrected chi connectivity index (χ0v) is 15.5. The van der Waals surface area contributed by atoms with Gasteiger partial charge in [-0.1, -0.05) is 18.7 Å². The zero-order chi connectivity index (χ0) is 19.3. The summed E-state index contributed by atoms with van der Waals surface area (Å²) in [4.78, 5) is 51.0. The summed E-state index contributed by atoms with van der Waals surface area (Å²) in [5, 5.41) is 9.05. The molecule has 0 spiro atoms. The maximum absolute atomic E-state index is 11.2. The second-order valence-electron chi connectivity index (χ2n) is 4.22. The Labute approximate surface area is 141 Å². The van der Waals surface area contributed by atoms with E-state index in [2.05, 4.69) is 4.74 Å². The lowest BCUT2D eigenvalue weighted by Crippen LogP contribution is -2.35. The second kappa shape index (κ2) is 12.8. The van der Waals surface area contributed by atoms with E-state index in [1.807, 2.05) is 6.55 Å². The van der Waals surface area contributed by atoms with Gasteiger partial charge in [0.25, 0.3) is 0 Å². The van der Waals surface area contributed by atoms with Crippen LogP contribution in [0.2, 0.25) is 6.55 Å². The maximum atomic E-state index is 11.2. The van der Waals surface area contributed by atoms with Crippen LogP contribution in [0.3, 0.4) is 0 Å². The lowest BCUT2D eigenvalue weighted by atomic mass is 10.1. The highest BCUT2D eigenvalue weighted by molar-refractivity contribution is 7.45. The fourth-order valence-electron chi connectivity index (χ4n) is 1.19. The van der Waals surface area contributed by atoms with Gasteiger partial charge in [-0.3, -0.25) is 4.79 Å². The minimum absolute atomic E-state index is 0.142. The molecule has 1 rings (SSSR count). The molecule has 0 heterocycles. The van der Waals surface area contributed by atoms with Crippen molar-refractivity contribution < 1.29 is 43.5 Å². The standard InChI is InChI=1S/C11H13NO4.CH6OSi.H3O4P/c1-7(13)16-11(15)10(12)6-8-2-4-9(14)5-3-8;1-3-2;1-5(2,3)4/h2-5,10,14H,6,12H2,1H3;2H,3H2,1H3;(H3,1,2,3,4)/t10-;;/m0../s1. The van der Waals surface area contributed by atoms with Gasteiger partial charge in [0.2, 0.25) is 0 Å². The quantitative estimate of drug-likeness (QED) is 0.156. The van der Waals surface area contributed by atoms with E-state index in [9.17, 15) is 9.59 Å². The van der Waals surface area contributed by atoms with Crippen molar-refractivity contribution in [3.05, 3.63) is 29.8 Å². The largest absolute Gasteiger partial charge is 0.508 e. The highest BCUT2D eigenvalue weighted by Crippen LogP contribution is 2.25. The number of hydrogen-bond acceptors (Lipinski definition) is 7. The van der Waals surface area contributed by atoms with E-state index in [0.717, 1.165) is 12.5 Å². The number of phosphoric acid groups is 1. The van der Waals surface area contributed by atoms with Crippen LogP contribution in [0.4, 0.5) is 0 Å². The van der Waals surface area contributed by atoms with Gasteiger partial charge in [-0.2, -0.15) is 0 Å². The van der Waals surface area contributed by atoms with Gasteiger partial charge in [-0.15, -0.1) is 0 Å². The molecule has 0 bridgehead atoms. The van der Waals surface area contributed by atoms with E-state index in [0.29, 0.717) is 0 Å². The van der Waals surface area contributed by atoms with Crippen molar-refractivity contribution in [1.82, 2.24) is 0 Å². The first-order chi connectivity index (χ1) is 10.9. The van der Waals surface area contributed by atoms with Crippen molar-refractivity contribution >= 4 is 29.5 Å². The van der Waals surface area contributed by atoms with Crippen LogP contribution in [-0.4, -0.2) is 52.3 Å². The molecule has 12 heteroatoms. The maximum Gasteiger partial charge on any atom is 0.466 e. The first-order valence-corrected chi connectivity index (χ1v) is 10.2. The molecule has 0 aromatic heterocycles. The summed E-state index contributed by atoms with van der Waals surface area (Å²) >= 11 is 0. The van der Waals surface area contributed by atoms with Crippen LogP contribution in [0, 0.1) is 0 Å². The Morgan fingerprint density at radius 2 is 1.62 bits per heavy atom. The van der Waals surface area contributed by atoms with Gasteiger partial charge in [0, 0.05) is 6.92 Å². The third-order valence-electron chi connectivity index (χ3n) is 1.94. The summed E-state index contributed by atoms with van der Waals surface area (Å²) in [5.74, 6) is -1.28. The molecule has 1 aromatic rings. The molecule has 0 aliphatic carbocycles. The van der Waals surface area contributed by atoms with Crippen LogP contribution < -0.4 is 5.73 Å². The van der Waals surface area contributed by atoms with E-state index < -0.39 is 35.6 Å². The van der Waals surface area contributed by atoms with Crippen molar-refractivity contribution in [2.45, 2.75) is 25.9 Å². The van der Waals surface area contributed by atoms with Gasteiger partial charge < -0.3 is 35.1 Å². The average Bonchev–Trinajstić information content (AvgIpc) is 2.39. The molecular formula is C12H22NO9PSi. The molecule has 1 aromatic carbocycles. The molecule has 10 nitrogen and oxygen atoms in total. The monoisotopic (exact) mass is 383 g/mol. The smallest absolute Gasteiger partial charge is 0.466 e. The topological polar surface area (TPSA) is 188 Å². The third-order valence-corrected chi connectivity index (χ3v) is 1.94. The van der Waals surface area contributed by atoms with Crippen LogP contribution in [0.25, 0.3) is 0 Å². The second-order valence-corrected chi connectivity index (χ2v) is 5.88. The summed E-state index contributed by atoms with van der Waals surface area (Å²) in [6.07, 6.45) is 0.256. The van der Waals surface area contributed by atoms with Crippen LogP contribution in [0.1, 0.15) is 12.5 Å². The average molecular weight is 383 g/mol. The number of aromatic hydroxyl groups is 1. The fourth-order valence-corrected chi connectivity index (χ4v) is 1.19. The summed E-state index contributed by atoms with van der Waals surface area (Å²) < 4.78 is 13.2. The molecule has 0 aliphatic rings. The Bertz CT molecular complexity index is 538. The van der Waals surface area contributed by atoms with Crippen molar-refractivity contribution in [1.29, 1.82) is 0 Å². The van der Waals surface area contributed by atoms with E-state index >= 15 is 0 Å². The summed E-state index contributed by atoms with van der Waals surface area (Å²) in [6.45, 7) is 2.96. The number of rotatable bonds is 3. The summed E-state index contributed by atoms with van der Waals surface area (Å²) in [7, 11) is -5.22. The molecule has 1 atom stereocenters. The molecule has 0 amide bonds. The number of phenolic OH excluding ortho intramolecular Hbond substituents is 1. The molecule has 24 heavy (non-hydrogen) atoms. The normalized spacial score (nSPS) is 11.6. The molecule has 7 N–H and O–H groups in total. The molecule has 138 valence electrons. The Morgan fingerprint density at radius 1 is 1.25 bits per heavy atom. The minimum atomic E-state index is -4.64. The minimum Gasteiger partial charge on any atom is -0.508 e. The van der Waals surface area contributed by atoms with Gasteiger partial charge in [0.1, 0.15) is 11.8 Å². The van der Waals surface area contributed by atoms with Crippen LogP contribution in [0.15, 0.2) is 24.3 Å². The number of nitrogens with two attached hydrogens (primary N) is 1. The lowest BCUT2D eigenvalue weighted by molar-refractivity contribution is -0.159. The Morgan fingerprint density at radius 3 is 1.96 bits per heavy atom. The van der Waals surface area contributed by atoms with Gasteiger partial charge in [0.05, 0.1) is 0 Å². The molecule has 0 saturated heterocycles. The van der Waals surface area contributed by atoms with Crippen molar-refractivity contribution in [3.8, 4) is 5.75 Å². The predicted octanol–water partition coefficient (Wildman–Crippen LogP) is -1.47. The van der Waals surface area contributed by atoms with Crippen molar-refractivity contribution in [3.63, 3.8) is 0 Å². The van der Waals surface area contributed by atoms with Gasteiger partial charge in [-0.05, 0) is 24.1 Å². The first-order valence-electron chi connectivity index (χ1n) is 6.55. The van der Waals surface area contributed by atoms with Gasteiger partial charge in [-0.25, -0.2) is 9.36 Å². The molecule has 0 fully saturated rings. The number of carbonyl (C=O) groups is 2. The van der Waals surface area contributed by atoms with E-state index in [4.69, 9.17) is 34.9 Å². The Balaban J connectivity index is 0. The number of esters is 2. The number of carbonyl (C=O) groups excluding carboxylic acids is 2. The first kappa shape index (κ1) is 24.7. The molecule has 0 saturated carbocycles. The number of ether oxygens (including phenoxy) is 1. The Hall–Kier alpha value is -1.59. The van der Waals surface area contributed by atoms with Crippen molar-refractivity contribution in [2.24, 2.45) is 5.73 Å². The molecular weight excluding hydrogens is 361 g/mol. The third kappa shape index (κ3) is 18.5. The highest BCUT2D eigenvalue weighted by atomic mass is 31.2.